The summed E-state index contributed by atoms with van der Waals surface area (Å²) in [5.41, 5.74) is 6.03. The van der Waals surface area contributed by atoms with E-state index in [1.54, 1.807) is 0 Å². The molecule has 0 amide bonds. The van der Waals surface area contributed by atoms with E-state index in [1.165, 1.54) is 6.92 Å². The summed E-state index contributed by atoms with van der Waals surface area (Å²) < 4.78 is 13.1. The molecule has 64 valence electrons. The van der Waals surface area contributed by atoms with Crippen LogP contribution in [0.2, 0.25) is 0 Å². The average molecular weight is 158 g/mol. The van der Waals surface area contributed by atoms with Gasteiger partial charge in [-0.05, 0) is 26.0 Å². The van der Waals surface area contributed by atoms with Gasteiger partial charge in [0.1, 0.15) is 0 Å². The predicted molar refractivity (Wildman–Crippen MR) is 43.9 cm³/mol. The Balaban J connectivity index is 2.62. The van der Waals surface area contributed by atoms with Gasteiger partial charge in [-0.3, -0.25) is 5.73 Å². The number of nitrogens with two attached hydrogens (primary N) is 1. The van der Waals surface area contributed by atoms with Crippen LogP contribution in [0.5, 0.6) is 0 Å². The molecule has 1 heterocycles. The Morgan fingerprint density at radius 1 is 1.73 bits per heavy atom. The van der Waals surface area contributed by atoms with E-state index in [0.717, 1.165) is 25.1 Å². The molecule has 1 rings (SSSR count). The minimum Gasteiger partial charge on any atom is -0.302 e. The first-order valence-electron chi connectivity index (χ1n) is 3.86. The van der Waals surface area contributed by atoms with Crippen molar-refractivity contribution in [3.63, 3.8) is 0 Å². The second kappa shape index (κ2) is 2.91. The Morgan fingerprint density at radius 3 is 2.73 bits per heavy atom. The molecular weight excluding hydrogens is 143 g/mol. The maximum absolute atomic E-state index is 13.1. The molecule has 0 fully saturated rings. The molecule has 0 aromatic carbocycles. The van der Waals surface area contributed by atoms with Crippen molar-refractivity contribution in [1.29, 1.82) is 0 Å². The first kappa shape index (κ1) is 8.68. The highest BCUT2D eigenvalue weighted by molar-refractivity contribution is 5.16. The number of nitrogens with zero attached hydrogens (tertiary/aromatic N) is 1. The fourth-order valence-electron chi connectivity index (χ4n) is 1.21. The molecule has 0 bridgehead atoms. The molecule has 1 aliphatic rings. The zero-order valence-electron chi connectivity index (χ0n) is 7.10. The molecule has 1 unspecified atom stereocenters. The van der Waals surface area contributed by atoms with Crippen LogP contribution in [-0.2, 0) is 0 Å². The van der Waals surface area contributed by atoms with E-state index in [1.807, 2.05) is 13.1 Å². The van der Waals surface area contributed by atoms with Crippen molar-refractivity contribution >= 4 is 0 Å². The van der Waals surface area contributed by atoms with E-state index in [-0.39, 0.29) is 0 Å². The van der Waals surface area contributed by atoms with Crippen LogP contribution in [-0.4, -0.2) is 30.8 Å². The Bertz CT molecular complexity index is 169. The third kappa shape index (κ3) is 2.27. The molecule has 0 aromatic heterocycles. The fourth-order valence-corrected chi connectivity index (χ4v) is 1.21. The molecular formula is C8H15FN2. The summed E-state index contributed by atoms with van der Waals surface area (Å²) in [6.45, 7) is 3.12. The summed E-state index contributed by atoms with van der Waals surface area (Å²) in [6, 6.07) is 0. The SMILES string of the molecule is CN1CC=C(C(C)(N)F)CC1. The standard InChI is InChI=1S/C8H15FN2/c1-8(9,10)7-3-5-11(2)6-4-7/h3H,4-6,10H2,1-2H3. The van der Waals surface area contributed by atoms with Gasteiger partial charge in [-0.2, -0.15) is 0 Å². The number of alkyl halides is 1. The number of hydrogen-bond donors (Lipinski definition) is 1. The van der Waals surface area contributed by atoms with E-state index in [9.17, 15) is 4.39 Å². The first-order chi connectivity index (χ1) is 5.00. The molecule has 0 aliphatic carbocycles. The number of likely N-dealkylation sites (N-methyl/N-ethyl adjacent to an activating group) is 1. The zero-order chi connectivity index (χ0) is 8.48. The summed E-state index contributed by atoms with van der Waals surface area (Å²) in [6.07, 6.45) is 2.63. The minimum absolute atomic E-state index is 0.732. The van der Waals surface area contributed by atoms with Gasteiger partial charge >= 0.3 is 0 Å². The highest BCUT2D eigenvalue weighted by atomic mass is 19.1. The lowest BCUT2D eigenvalue weighted by molar-refractivity contribution is 0.227. The lowest BCUT2D eigenvalue weighted by Crippen LogP contribution is -2.37. The van der Waals surface area contributed by atoms with Gasteiger partial charge in [0.15, 0.2) is 5.79 Å². The third-order valence-corrected chi connectivity index (χ3v) is 2.04. The largest absolute Gasteiger partial charge is 0.302 e. The summed E-state index contributed by atoms with van der Waals surface area (Å²) in [5, 5.41) is 0. The number of hydrogen-bond acceptors (Lipinski definition) is 2. The molecule has 0 spiro atoms. The van der Waals surface area contributed by atoms with Crippen molar-refractivity contribution in [2.45, 2.75) is 19.1 Å². The lowest BCUT2D eigenvalue weighted by atomic mass is 10.0. The molecule has 1 atom stereocenters. The van der Waals surface area contributed by atoms with Crippen LogP contribution in [0, 0.1) is 0 Å². The van der Waals surface area contributed by atoms with Gasteiger partial charge in [-0.25, -0.2) is 4.39 Å². The minimum atomic E-state index is -1.61. The van der Waals surface area contributed by atoms with Gasteiger partial charge in [-0.15, -0.1) is 0 Å². The van der Waals surface area contributed by atoms with Gasteiger partial charge in [0.2, 0.25) is 0 Å². The van der Waals surface area contributed by atoms with E-state index in [2.05, 4.69) is 4.90 Å². The number of halogens is 1. The zero-order valence-corrected chi connectivity index (χ0v) is 7.10. The molecule has 0 saturated carbocycles. The molecule has 2 nitrogen and oxygen atoms in total. The Kier molecular flexibility index (Phi) is 2.30. The lowest BCUT2D eigenvalue weighted by Gasteiger charge is -2.27. The van der Waals surface area contributed by atoms with Crippen LogP contribution in [0.25, 0.3) is 0 Å². The highest BCUT2D eigenvalue weighted by Gasteiger charge is 2.24. The predicted octanol–water partition coefficient (Wildman–Crippen LogP) is 0.893. The quantitative estimate of drug-likeness (QED) is 0.453. The van der Waals surface area contributed by atoms with Gasteiger partial charge in [0.25, 0.3) is 0 Å². The normalized spacial score (nSPS) is 26.0. The fraction of sp³-hybridized carbons (Fsp3) is 0.750. The number of rotatable bonds is 1. The van der Waals surface area contributed by atoms with Crippen molar-refractivity contribution in [3.8, 4) is 0 Å². The Hall–Kier alpha value is -0.410. The van der Waals surface area contributed by atoms with Gasteiger partial charge < -0.3 is 4.90 Å². The first-order valence-corrected chi connectivity index (χ1v) is 3.86. The van der Waals surface area contributed by atoms with Gasteiger partial charge in [0.05, 0.1) is 0 Å². The summed E-state index contributed by atoms with van der Waals surface area (Å²) >= 11 is 0. The maximum Gasteiger partial charge on any atom is 0.178 e. The monoisotopic (exact) mass is 158 g/mol. The van der Waals surface area contributed by atoms with Crippen molar-refractivity contribution in [3.05, 3.63) is 11.6 Å². The van der Waals surface area contributed by atoms with Crippen LogP contribution in [0.1, 0.15) is 13.3 Å². The van der Waals surface area contributed by atoms with Crippen molar-refractivity contribution < 1.29 is 4.39 Å². The van der Waals surface area contributed by atoms with E-state index in [0.29, 0.717) is 0 Å². The summed E-state index contributed by atoms with van der Waals surface area (Å²) in [5.74, 6) is -1.61. The van der Waals surface area contributed by atoms with Crippen LogP contribution >= 0.6 is 0 Å². The summed E-state index contributed by atoms with van der Waals surface area (Å²) in [7, 11) is 2.01. The second-order valence-corrected chi connectivity index (χ2v) is 3.32. The van der Waals surface area contributed by atoms with Crippen LogP contribution in [0.4, 0.5) is 4.39 Å². The highest BCUT2D eigenvalue weighted by Crippen LogP contribution is 2.21. The molecule has 1 aliphatic heterocycles. The van der Waals surface area contributed by atoms with Crippen LogP contribution in [0.3, 0.4) is 0 Å². The van der Waals surface area contributed by atoms with Crippen molar-refractivity contribution in [2.75, 3.05) is 20.1 Å². The topological polar surface area (TPSA) is 29.3 Å². The van der Waals surface area contributed by atoms with E-state index in [4.69, 9.17) is 5.73 Å². The van der Waals surface area contributed by atoms with Gasteiger partial charge in [0, 0.05) is 13.1 Å². The molecule has 3 heteroatoms. The molecule has 11 heavy (non-hydrogen) atoms. The van der Waals surface area contributed by atoms with E-state index >= 15 is 0 Å². The molecule has 0 saturated heterocycles. The average Bonchev–Trinajstić information content (AvgIpc) is 1.86. The van der Waals surface area contributed by atoms with Crippen molar-refractivity contribution in [1.82, 2.24) is 4.90 Å². The Labute approximate surface area is 66.9 Å². The molecule has 0 aromatic rings. The second-order valence-electron chi connectivity index (χ2n) is 3.32. The van der Waals surface area contributed by atoms with Crippen LogP contribution < -0.4 is 5.73 Å². The third-order valence-electron chi connectivity index (χ3n) is 2.04. The maximum atomic E-state index is 13.1. The molecule has 0 radical (unpaired) electrons. The summed E-state index contributed by atoms with van der Waals surface area (Å²) in [4.78, 5) is 2.13. The Morgan fingerprint density at radius 2 is 2.36 bits per heavy atom. The van der Waals surface area contributed by atoms with Crippen molar-refractivity contribution in [2.24, 2.45) is 5.73 Å². The van der Waals surface area contributed by atoms with Gasteiger partial charge in [-0.1, -0.05) is 6.08 Å². The molecule has 2 N–H and O–H groups in total. The van der Waals surface area contributed by atoms with E-state index < -0.39 is 5.79 Å². The smallest absolute Gasteiger partial charge is 0.178 e. The van der Waals surface area contributed by atoms with Crippen LogP contribution in [0.15, 0.2) is 11.6 Å².